The average molecular weight is 383 g/mol. The smallest absolute Gasteiger partial charge is 0.255 e. The van der Waals surface area contributed by atoms with Gasteiger partial charge < -0.3 is 19.3 Å². The third kappa shape index (κ3) is 4.21. The molecule has 0 spiro atoms. The van der Waals surface area contributed by atoms with Gasteiger partial charge in [0.15, 0.2) is 11.5 Å². The highest BCUT2D eigenvalue weighted by molar-refractivity contribution is 5.94. The number of pyridine rings is 1. The number of carbonyl (C=O) groups is 1. The van der Waals surface area contributed by atoms with Crippen LogP contribution in [0.3, 0.4) is 0 Å². The number of nitrogens with zero attached hydrogens (tertiary/aromatic N) is 3. The minimum atomic E-state index is 0.00990. The van der Waals surface area contributed by atoms with E-state index in [4.69, 9.17) is 9.47 Å². The van der Waals surface area contributed by atoms with Gasteiger partial charge in [0.2, 0.25) is 0 Å². The molecule has 1 aromatic heterocycles. The highest BCUT2D eigenvalue weighted by atomic mass is 16.5. The molecule has 1 aliphatic rings. The Hall–Kier alpha value is -2.76. The van der Waals surface area contributed by atoms with Crippen molar-refractivity contribution in [3.05, 3.63) is 47.2 Å². The number of rotatable bonds is 7. The number of benzene rings is 1. The van der Waals surface area contributed by atoms with Crippen LogP contribution in [0.25, 0.3) is 0 Å². The second-order valence-corrected chi connectivity index (χ2v) is 7.13. The number of hydrogen-bond acceptors (Lipinski definition) is 5. The molecule has 0 N–H and O–H groups in total. The van der Waals surface area contributed by atoms with Gasteiger partial charge in [0.25, 0.3) is 5.91 Å². The molecule has 1 amide bonds. The molecule has 6 heteroatoms. The first-order valence-electron chi connectivity index (χ1n) is 9.77. The maximum atomic E-state index is 13.0. The van der Waals surface area contributed by atoms with E-state index in [1.54, 1.807) is 20.4 Å². The standard InChI is InChI=1S/C22H29N3O3/c1-5-6-10-24(2)21-8-7-17(14-23-21)22(26)25-11-9-16-12-19(27-3)20(28-4)13-18(16)15-25/h7-8,12-14H,5-6,9-11,15H2,1-4H3. The highest BCUT2D eigenvalue weighted by Gasteiger charge is 2.24. The first-order valence-corrected chi connectivity index (χ1v) is 9.77. The van der Waals surface area contributed by atoms with Crippen LogP contribution >= 0.6 is 0 Å². The van der Waals surface area contributed by atoms with Crippen molar-refractivity contribution in [1.29, 1.82) is 0 Å². The predicted octanol–water partition coefficient (Wildman–Crippen LogP) is 3.53. The molecule has 2 aromatic rings. The summed E-state index contributed by atoms with van der Waals surface area (Å²) in [5.41, 5.74) is 2.92. The largest absolute Gasteiger partial charge is 0.493 e. The molecule has 0 fully saturated rings. The van der Waals surface area contributed by atoms with E-state index in [-0.39, 0.29) is 5.91 Å². The molecule has 28 heavy (non-hydrogen) atoms. The van der Waals surface area contributed by atoms with Crippen LogP contribution in [0.1, 0.15) is 41.3 Å². The van der Waals surface area contributed by atoms with Crippen molar-refractivity contribution in [2.45, 2.75) is 32.7 Å². The van der Waals surface area contributed by atoms with Crippen molar-refractivity contribution in [1.82, 2.24) is 9.88 Å². The number of hydrogen-bond donors (Lipinski definition) is 0. The van der Waals surface area contributed by atoms with Gasteiger partial charge in [-0.2, -0.15) is 0 Å². The van der Waals surface area contributed by atoms with Gasteiger partial charge in [-0.15, -0.1) is 0 Å². The van der Waals surface area contributed by atoms with E-state index < -0.39 is 0 Å². The normalized spacial score (nSPS) is 13.1. The van der Waals surface area contributed by atoms with Gasteiger partial charge in [-0.05, 0) is 48.2 Å². The molecule has 6 nitrogen and oxygen atoms in total. The number of aromatic nitrogens is 1. The van der Waals surface area contributed by atoms with Gasteiger partial charge >= 0.3 is 0 Å². The molecular formula is C22H29N3O3. The maximum absolute atomic E-state index is 13.0. The first-order chi connectivity index (χ1) is 13.6. The van der Waals surface area contributed by atoms with Crippen LogP contribution in [-0.4, -0.2) is 50.1 Å². The minimum Gasteiger partial charge on any atom is -0.493 e. The van der Waals surface area contributed by atoms with Crippen molar-refractivity contribution in [2.24, 2.45) is 0 Å². The maximum Gasteiger partial charge on any atom is 0.255 e. The lowest BCUT2D eigenvalue weighted by Crippen LogP contribution is -2.36. The van der Waals surface area contributed by atoms with E-state index in [1.165, 1.54) is 5.56 Å². The highest BCUT2D eigenvalue weighted by Crippen LogP contribution is 2.33. The number of methoxy groups -OCH3 is 2. The third-order valence-corrected chi connectivity index (χ3v) is 5.24. The van der Waals surface area contributed by atoms with Crippen LogP contribution in [0, 0.1) is 0 Å². The topological polar surface area (TPSA) is 54.9 Å². The summed E-state index contributed by atoms with van der Waals surface area (Å²) in [4.78, 5) is 21.4. The third-order valence-electron chi connectivity index (χ3n) is 5.24. The van der Waals surface area contributed by atoms with E-state index in [2.05, 4.69) is 16.8 Å². The van der Waals surface area contributed by atoms with E-state index in [9.17, 15) is 4.79 Å². The van der Waals surface area contributed by atoms with Crippen molar-refractivity contribution in [3.63, 3.8) is 0 Å². The van der Waals surface area contributed by atoms with Crippen LogP contribution < -0.4 is 14.4 Å². The molecule has 0 saturated carbocycles. The minimum absolute atomic E-state index is 0.00990. The van der Waals surface area contributed by atoms with Gasteiger partial charge in [-0.1, -0.05) is 13.3 Å². The summed E-state index contributed by atoms with van der Waals surface area (Å²) in [5, 5.41) is 0. The van der Waals surface area contributed by atoms with E-state index >= 15 is 0 Å². The Morgan fingerprint density at radius 2 is 1.89 bits per heavy atom. The summed E-state index contributed by atoms with van der Waals surface area (Å²) in [6.45, 7) is 4.38. The lowest BCUT2D eigenvalue weighted by molar-refractivity contribution is 0.0734. The van der Waals surface area contributed by atoms with Crippen LogP contribution in [0.2, 0.25) is 0 Å². The van der Waals surface area contributed by atoms with Crippen LogP contribution in [0.15, 0.2) is 30.5 Å². The molecule has 1 aromatic carbocycles. The molecular weight excluding hydrogens is 354 g/mol. The monoisotopic (exact) mass is 383 g/mol. The Morgan fingerprint density at radius 1 is 1.18 bits per heavy atom. The summed E-state index contributed by atoms with van der Waals surface area (Å²) >= 11 is 0. The fraction of sp³-hybridized carbons (Fsp3) is 0.455. The van der Waals surface area contributed by atoms with Gasteiger partial charge in [-0.25, -0.2) is 4.98 Å². The molecule has 0 radical (unpaired) electrons. The number of carbonyl (C=O) groups excluding carboxylic acids is 1. The summed E-state index contributed by atoms with van der Waals surface area (Å²) in [6, 6.07) is 7.78. The second kappa shape index (κ2) is 8.95. The summed E-state index contributed by atoms with van der Waals surface area (Å²) in [5.74, 6) is 2.33. The average Bonchev–Trinajstić information content (AvgIpc) is 2.75. The predicted molar refractivity (Wildman–Crippen MR) is 110 cm³/mol. The van der Waals surface area contributed by atoms with Gasteiger partial charge in [0, 0.05) is 32.9 Å². The molecule has 0 unspecified atom stereocenters. The van der Waals surface area contributed by atoms with Crippen molar-refractivity contribution < 1.29 is 14.3 Å². The summed E-state index contributed by atoms with van der Waals surface area (Å²) in [7, 11) is 5.29. The Kier molecular flexibility index (Phi) is 6.39. The molecule has 150 valence electrons. The SMILES string of the molecule is CCCCN(C)c1ccc(C(=O)N2CCc3cc(OC)c(OC)cc3C2)cn1. The molecule has 0 saturated heterocycles. The fourth-order valence-corrected chi connectivity index (χ4v) is 3.49. The molecule has 1 aliphatic heterocycles. The summed E-state index contributed by atoms with van der Waals surface area (Å²) in [6.07, 6.45) is 4.76. The number of fused-ring (bicyclic) bond motifs is 1. The van der Waals surface area contributed by atoms with Gasteiger partial charge in [0.05, 0.1) is 19.8 Å². The second-order valence-electron chi connectivity index (χ2n) is 7.13. The quantitative estimate of drug-likeness (QED) is 0.732. The Balaban J connectivity index is 1.72. The van der Waals surface area contributed by atoms with Gasteiger partial charge in [0.1, 0.15) is 5.82 Å². The lowest BCUT2D eigenvalue weighted by Gasteiger charge is -2.29. The molecule has 0 bridgehead atoms. The lowest BCUT2D eigenvalue weighted by atomic mass is 9.98. The molecule has 3 rings (SSSR count). The Labute approximate surface area is 167 Å². The van der Waals surface area contributed by atoms with E-state index in [0.29, 0.717) is 24.4 Å². The van der Waals surface area contributed by atoms with Crippen molar-refractivity contribution >= 4 is 11.7 Å². The van der Waals surface area contributed by atoms with Gasteiger partial charge in [-0.3, -0.25) is 4.79 Å². The summed E-state index contributed by atoms with van der Waals surface area (Å²) < 4.78 is 10.8. The number of ether oxygens (including phenoxy) is 2. The molecule has 0 aliphatic carbocycles. The van der Waals surface area contributed by atoms with Crippen LogP contribution in [0.5, 0.6) is 11.5 Å². The van der Waals surface area contributed by atoms with Crippen LogP contribution in [0.4, 0.5) is 5.82 Å². The van der Waals surface area contributed by atoms with Crippen LogP contribution in [-0.2, 0) is 13.0 Å². The number of anilines is 1. The zero-order chi connectivity index (χ0) is 20.1. The molecule has 2 heterocycles. The number of amides is 1. The van der Waals surface area contributed by atoms with Crippen molar-refractivity contribution in [3.8, 4) is 11.5 Å². The van der Waals surface area contributed by atoms with Crippen molar-refractivity contribution in [2.75, 3.05) is 39.3 Å². The molecule has 0 atom stereocenters. The number of unbranched alkanes of at least 4 members (excludes halogenated alkanes) is 1. The zero-order valence-corrected chi connectivity index (χ0v) is 17.2. The van der Waals surface area contributed by atoms with E-state index in [0.717, 1.165) is 42.9 Å². The zero-order valence-electron chi connectivity index (χ0n) is 17.2. The fourth-order valence-electron chi connectivity index (χ4n) is 3.49. The Morgan fingerprint density at radius 3 is 2.50 bits per heavy atom. The Bertz CT molecular complexity index is 821. The van der Waals surface area contributed by atoms with E-state index in [1.807, 2.05) is 36.2 Å². The first kappa shape index (κ1) is 20.0.